The molecule has 1 amide bonds. The van der Waals surface area contributed by atoms with Gasteiger partial charge in [0.05, 0.1) is 18.0 Å². The Morgan fingerprint density at radius 1 is 0.919 bits per heavy atom. The van der Waals surface area contributed by atoms with Gasteiger partial charge in [-0.2, -0.15) is 0 Å². The molecule has 0 aromatic carbocycles. The molecule has 7 nitrogen and oxygen atoms in total. The van der Waals surface area contributed by atoms with Gasteiger partial charge in [-0.25, -0.2) is 0 Å². The highest BCUT2D eigenvalue weighted by atomic mass is 79.9. The monoisotopic (exact) mass is 579 g/mol. The number of carbonyl (C=O) groups is 1. The quantitative estimate of drug-likeness (QED) is 0.202. The van der Waals surface area contributed by atoms with Gasteiger partial charge >= 0.3 is 0 Å². The zero-order valence-corrected chi connectivity index (χ0v) is 24.2. The van der Waals surface area contributed by atoms with Crippen molar-refractivity contribution in [2.75, 3.05) is 6.54 Å². The minimum Gasteiger partial charge on any atom is -0.387 e. The number of hydrogen-bond donors (Lipinski definition) is 4. The van der Waals surface area contributed by atoms with E-state index in [-0.39, 0.29) is 34.8 Å². The van der Waals surface area contributed by atoms with Crippen LogP contribution in [0, 0.1) is 23.2 Å². The molecule has 6 N–H and O–H groups in total. The highest BCUT2D eigenvalue weighted by Gasteiger charge is 2.53. The third kappa shape index (κ3) is 6.72. The first-order chi connectivity index (χ1) is 17.9. The van der Waals surface area contributed by atoms with E-state index in [1.807, 2.05) is 0 Å². The number of fused-ring (bicyclic) bond motifs is 1. The number of nitrogens with zero attached hydrogens (tertiary/aromatic N) is 1. The molecule has 1 heterocycles. The van der Waals surface area contributed by atoms with Crippen LogP contribution in [0.25, 0.3) is 0 Å². The lowest BCUT2D eigenvalue weighted by atomic mass is 9.77. The topological polar surface area (TPSA) is 117 Å². The Morgan fingerprint density at radius 2 is 1.59 bits per heavy atom. The Balaban J connectivity index is 1.23. The molecule has 4 aliphatic carbocycles. The summed E-state index contributed by atoms with van der Waals surface area (Å²) in [6.07, 6.45) is 18.9. The van der Waals surface area contributed by atoms with Gasteiger partial charge in [0.2, 0.25) is 5.91 Å². The van der Waals surface area contributed by atoms with Crippen molar-refractivity contribution < 1.29 is 9.53 Å². The lowest BCUT2D eigenvalue weighted by Crippen LogP contribution is -2.53. The van der Waals surface area contributed by atoms with E-state index in [4.69, 9.17) is 21.6 Å². The number of ether oxygens (including phenoxy) is 1. The maximum absolute atomic E-state index is 13.8. The summed E-state index contributed by atoms with van der Waals surface area (Å²) in [4.78, 5) is 16.5. The SMILES string of the molecule is N=C(N)C1CCC2C(Br)C(C(=O)NC3CCC(N)CC3)N(CC3CCC(OC4CCCCC4)CC3)C2C1. The molecular weight excluding hydrogens is 530 g/mol. The predicted octanol–water partition coefficient (Wildman–Crippen LogP) is 4.45. The van der Waals surface area contributed by atoms with Crippen LogP contribution in [-0.2, 0) is 9.53 Å². The minimum atomic E-state index is -0.146. The van der Waals surface area contributed by atoms with Gasteiger partial charge in [0, 0.05) is 35.4 Å². The lowest BCUT2D eigenvalue weighted by molar-refractivity contribution is -0.127. The van der Waals surface area contributed by atoms with Crippen molar-refractivity contribution in [3.05, 3.63) is 0 Å². The lowest BCUT2D eigenvalue weighted by Gasteiger charge is -2.40. The van der Waals surface area contributed by atoms with Crippen LogP contribution in [0.5, 0.6) is 0 Å². The van der Waals surface area contributed by atoms with Crippen LogP contribution in [-0.4, -0.2) is 64.4 Å². The molecular formula is C29H50BrN5O2. The van der Waals surface area contributed by atoms with Gasteiger partial charge in [0.25, 0.3) is 0 Å². The predicted molar refractivity (Wildman–Crippen MR) is 152 cm³/mol. The number of nitrogens with two attached hydrogens (primary N) is 2. The molecule has 0 aromatic rings. The maximum atomic E-state index is 13.8. The number of carbonyl (C=O) groups excluding carboxylic acids is 1. The summed E-state index contributed by atoms with van der Waals surface area (Å²) in [7, 11) is 0. The zero-order chi connectivity index (χ0) is 25.9. The largest absolute Gasteiger partial charge is 0.387 e. The number of hydrogen-bond acceptors (Lipinski definition) is 5. The summed E-state index contributed by atoms with van der Waals surface area (Å²) in [6.45, 7) is 0.970. The van der Waals surface area contributed by atoms with E-state index in [0.29, 0.717) is 35.9 Å². The second-order valence-electron chi connectivity index (χ2n) is 12.9. The van der Waals surface area contributed by atoms with Crippen LogP contribution < -0.4 is 16.8 Å². The fraction of sp³-hybridized carbons (Fsp3) is 0.931. The highest BCUT2D eigenvalue weighted by molar-refractivity contribution is 9.09. The summed E-state index contributed by atoms with van der Waals surface area (Å²) in [5.41, 5.74) is 12.1. The number of likely N-dealkylation sites (tertiary alicyclic amines) is 1. The average Bonchev–Trinajstić information content (AvgIpc) is 3.17. The van der Waals surface area contributed by atoms with Crippen LogP contribution in [0.15, 0.2) is 0 Å². The molecule has 5 atom stereocenters. The number of alkyl halides is 1. The van der Waals surface area contributed by atoms with E-state index >= 15 is 0 Å². The van der Waals surface area contributed by atoms with Gasteiger partial charge in [0.15, 0.2) is 0 Å². The van der Waals surface area contributed by atoms with E-state index < -0.39 is 0 Å². The molecule has 0 radical (unpaired) electrons. The number of amidine groups is 1. The molecule has 1 aliphatic heterocycles. The first kappa shape index (κ1) is 27.9. The Morgan fingerprint density at radius 3 is 2.27 bits per heavy atom. The molecule has 5 unspecified atom stereocenters. The van der Waals surface area contributed by atoms with Crippen molar-refractivity contribution >= 4 is 27.7 Å². The Labute approximate surface area is 232 Å². The third-order valence-electron chi connectivity index (χ3n) is 10.4. The first-order valence-electron chi connectivity index (χ1n) is 15.3. The van der Waals surface area contributed by atoms with Gasteiger partial charge in [-0.15, -0.1) is 0 Å². The van der Waals surface area contributed by atoms with Gasteiger partial charge in [-0.3, -0.25) is 15.1 Å². The molecule has 1 saturated heterocycles. The molecule has 5 aliphatic rings. The van der Waals surface area contributed by atoms with Gasteiger partial charge < -0.3 is 21.5 Å². The standard InChI is InChI=1S/C29H50BrN5O2/c30-26-24-15-8-19(28(32)33)16-25(24)35(27(26)29(36)34-21-11-9-20(31)10-12-21)17-18-6-13-23(14-7-18)37-22-4-2-1-3-5-22/h18-27H,1-17,31H2,(H3,32,33)(H,34,36). The molecule has 0 spiro atoms. The number of rotatable bonds is 7. The Kier molecular flexibility index (Phi) is 9.52. The van der Waals surface area contributed by atoms with Crippen molar-refractivity contribution in [3.8, 4) is 0 Å². The molecule has 0 bridgehead atoms. The van der Waals surface area contributed by atoms with E-state index in [9.17, 15) is 4.79 Å². The van der Waals surface area contributed by atoms with Crippen molar-refractivity contribution in [1.29, 1.82) is 5.41 Å². The van der Waals surface area contributed by atoms with E-state index in [2.05, 4.69) is 26.1 Å². The van der Waals surface area contributed by atoms with Crippen molar-refractivity contribution in [1.82, 2.24) is 10.2 Å². The van der Waals surface area contributed by atoms with Crippen LogP contribution in [0.4, 0.5) is 0 Å². The summed E-state index contributed by atoms with van der Waals surface area (Å²) in [6, 6.07) is 0.698. The second kappa shape index (κ2) is 12.6. The molecule has 210 valence electrons. The zero-order valence-electron chi connectivity index (χ0n) is 22.6. The molecule has 4 saturated carbocycles. The summed E-state index contributed by atoms with van der Waals surface area (Å²) in [5, 5.41) is 11.5. The second-order valence-corrected chi connectivity index (χ2v) is 14.0. The van der Waals surface area contributed by atoms with Crippen LogP contribution in [0.3, 0.4) is 0 Å². The minimum absolute atomic E-state index is 0.143. The average molecular weight is 581 g/mol. The normalized spacial score (nSPS) is 41.7. The van der Waals surface area contributed by atoms with Gasteiger partial charge in [0.1, 0.15) is 6.04 Å². The van der Waals surface area contributed by atoms with Crippen molar-refractivity contribution in [2.24, 2.45) is 29.2 Å². The number of halogens is 1. The van der Waals surface area contributed by atoms with Crippen LogP contribution in [0.1, 0.15) is 103 Å². The fourth-order valence-corrected chi connectivity index (χ4v) is 9.31. The summed E-state index contributed by atoms with van der Waals surface area (Å²) in [5.74, 6) is 1.69. The third-order valence-corrected chi connectivity index (χ3v) is 11.6. The maximum Gasteiger partial charge on any atom is 0.238 e. The van der Waals surface area contributed by atoms with Crippen LogP contribution >= 0.6 is 15.9 Å². The van der Waals surface area contributed by atoms with Gasteiger partial charge in [-0.1, -0.05) is 35.2 Å². The molecule has 8 heteroatoms. The van der Waals surface area contributed by atoms with E-state index in [1.54, 1.807) is 0 Å². The molecule has 0 aromatic heterocycles. The van der Waals surface area contributed by atoms with E-state index in [1.165, 1.54) is 44.9 Å². The molecule has 5 rings (SSSR count). The smallest absolute Gasteiger partial charge is 0.238 e. The van der Waals surface area contributed by atoms with Gasteiger partial charge in [-0.05, 0) is 95.3 Å². The van der Waals surface area contributed by atoms with Crippen LogP contribution in [0.2, 0.25) is 0 Å². The van der Waals surface area contributed by atoms with E-state index in [0.717, 1.165) is 64.3 Å². The first-order valence-corrected chi connectivity index (χ1v) is 16.3. The Hall–Kier alpha value is -0.700. The van der Waals surface area contributed by atoms with Crippen molar-refractivity contribution in [3.63, 3.8) is 0 Å². The fourth-order valence-electron chi connectivity index (χ4n) is 8.15. The Bertz CT molecular complexity index is 776. The van der Waals surface area contributed by atoms with Crippen molar-refractivity contribution in [2.45, 2.75) is 144 Å². The molecule has 5 fully saturated rings. The molecule has 37 heavy (non-hydrogen) atoms. The number of nitrogens with one attached hydrogen (secondary N) is 2. The number of amides is 1. The summed E-state index contributed by atoms with van der Waals surface area (Å²) < 4.78 is 6.51. The highest BCUT2D eigenvalue weighted by Crippen LogP contribution is 2.46. The summed E-state index contributed by atoms with van der Waals surface area (Å²) >= 11 is 4.02.